The lowest BCUT2D eigenvalue weighted by Crippen LogP contribution is -2.20. The van der Waals surface area contributed by atoms with Crippen LogP contribution < -0.4 is 5.73 Å². The van der Waals surface area contributed by atoms with Gasteiger partial charge in [-0.25, -0.2) is 0 Å². The Hall–Kier alpha value is -1.16. The van der Waals surface area contributed by atoms with Gasteiger partial charge in [-0.05, 0) is 55.7 Å². The molecule has 0 amide bonds. The van der Waals surface area contributed by atoms with Gasteiger partial charge in [0.15, 0.2) is 0 Å². The first-order valence-electron chi connectivity index (χ1n) is 6.85. The van der Waals surface area contributed by atoms with E-state index in [-0.39, 0.29) is 6.04 Å². The first-order valence-corrected chi connectivity index (χ1v) is 8.55. The maximum Gasteiger partial charge on any atom is 0.0549 e. The SMILES string of the molecule is Cc1cc(C)c(C(N)CS(=O)c2cccc(Cl)c2)c(C)c1. The van der Waals surface area contributed by atoms with Crippen molar-refractivity contribution in [1.82, 2.24) is 0 Å². The van der Waals surface area contributed by atoms with Crippen LogP contribution in [0, 0.1) is 20.8 Å². The molecular weight excluding hydrogens is 302 g/mol. The summed E-state index contributed by atoms with van der Waals surface area (Å²) in [6.45, 7) is 6.18. The van der Waals surface area contributed by atoms with Gasteiger partial charge in [0.05, 0.1) is 10.8 Å². The van der Waals surface area contributed by atoms with Crippen LogP contribution in [-0.2, 0) is 10.8 Å². The molecule has 2 unspecified atom stereocenters. The van der Waals surface area contributed by atoms with Crippen molar-refractivity contribution in [1.29, 1.82) is 0 Å². The second kappa shape index (κ2) is 6.73. The van der Waals surface area contributed by atoms with Crippen LogP contribution >= 0.6 is 11.6 Å². The van der Waals surface area contributed by atoms with Crippen LogP contribution in [0.5, 0.6) is 0 Å². The van der Waals surface area contributed by atoms with E-state index in [9.17, 15) is 4.21 Å². The highest BCUT2D eigenvalue weighted by Gasteiger charge is 2.16. The van der Waals surface area contributed by atoms with Crippen LogP contribution in [0.15, 0.2) is 41.3 Å². The monoisotopic (exact) mass is 321 g/mol. The van der Waals surface area contributed by atoms with Crippen LogP contribution in [0.2, 0.25) is 5.02 Å². The molecule has 0 spiro atoms. The highest BCUT2D eigenvalue weighted by atomic mass is 35.5. The minimum atomic E-state index is -1.16. The third-order valence-corrected chi connectivity index (χ3v) is 5.18. The molecule has 21 heavy (non-hydrogen) atoms. The lowest BCUT2D eigenvalue weighted by molar-refractivity contribution is 0.674. The number of hydrogen-bond donors (Lipinski definition) is 1. The normalized spacial score (nSPS) is 14.0. The van der Waals surface area contributed by atoms with E-state index in [0.29, 0.717) is 10.8 Å². The van der Waals surface area contributed by atoms with Crippen LogP contribution in [0.1, 0.15) is 28.3 Å². The highest BCUT2D eigenvalue weighted by molar-refractivity contribution is 7.85. The molecule has 0 saturated carbocycles. The summed E-state index contributed by atoms with van der Waals surface area (Å²) in [4.78, 5) is 0.723. The Balaban J connectivity index is 2.22. The van der Waals surface area contributed by atoms with Gasteiger partial charge < -0.3 is 5.73 Å². The topological polar surface area (TPSA) is 43.1 Å². The van der Waals surface area contributed by atoms with E-state index in [0.717, 1.165) is 21.6 Å². The zero-order chi connectivity index (χ0) is 15.6. The van der Waals surface area contributed by atoms with Gasteiger partial charge in [0, 0.05) is 21.7 Å². The average molecular weight is 322 g/mol. The second-order valence-electron chi connectivity index (χ2n) is 5.39. The van der Waals surface area contributed by atoms with E-state index in [1.807, 2.05) is 12.1 Å². The Morgan fingerprint density at radius 2 is 1.76 bits per heavy atom. The molecule has 2 nitrogen and oxygen atoms in total. The molecule has 0 saturated heterocycles. The molecule has 112 valence electrons. The van der Waals surface area contributed by atoms with Gasteiger partial charge in [-0.15, -0.1) is 0 Å². The minimum absolute atomic E-state index is 0.245. The maximum atomic E-state index is 12.4. The van der Waals surface area contributed by atoms with Crippen molar-refractivity contribution >= 4 is 22.4 Å². The summed E-state index contributed by atoms with van der Waals surface area (Å²) in [5, 5.41) is 0.595. The fourth-order valence-electron chi connectivity index (χ4n) is 2.73. The van der Waals surface area contributed by atoms with Crippen molar-refractivity contribution in [2.24, 2.45) is 5.73 Å². The third kappa shape index (κ3) is 3.94. The summed E-state index contributed by atoms with van der Waals surface area (Å²) in [6.07, 6.45) is 0. The summed E-state index contributed by atoms with van der Waals surface area (Å²) in [5.74, 6) is 0.394. The van der Waals surface area contributed by atoms with E-state index in [1.54, 1.807) is 12.1 Å². The van der Waals surface area contributed by atoms with Gasteiger partial charge in [-0.2, -0.15) is 0 Å². The average Bonchev–Trinajstić information content (AvgIpc) is 2.37. The van der Waals surface area contributed by atoms with Crippen molar-refractivity contribution in [2.45, 2.75) is 31.7 Å². The van der Waals surface area contributed by atoms with Gasteiger partial charge in [0.1, 0.15) is 0 Å². The van der Waals surface area contributed by atoms with Crippen LogP contribution in [0.4, 0.5) is 0 Å². The molecule has 0 heterocycles. The zero-order valence-electron chi connectivity index (χ0n) is 12.5. The number of nitrogens with two attached hydrogens (primary N) is 1. The summed E-state index contributed by atoms with van der Waals surface area (Å²) < 4.78 is 12.4. The molecule has 2 N–H and O–H groups in total. The Kier molecular flexibility index (Phi) is 5.20. The number of aryl methyl sites for hydroxylation is 3. The van der Waals surface area contributed by atoms with Gasteiger partial charge >= 0.3 is 0 Å². The molecule has 2 aromatic rings. The summed E-state index contributed by atoms with van der Waals surface area (Å²) in [7, 11) is -1.16. The molecule has 0 fully saturated rings. The van der Waals surface area contributed by atoms with E-state index in [2.05, 4.69) is 32.9 Å². The fraction of sp³-hybridized carbons (Fsp3) is 0.294. The summed E-state index contributed by atoms with van der Waals surface area (Å²) >= 11 is 5.94. The lowest BCUT2D eigenvalue weighted by atomic mass is 9.95. The van der Waals surface area contributed by atoms with E-state index in [1.165, 1.54) is 5.56 Å². The predicted molar refractivity (Wildman–Crippen MR) is 90.3 cm³/mol. The quantitative estimate of drug-likeness (QED) is 0.922. The van der Waals surface area contributed by atoms with E-state index in [4.69, 9.17) is 17.3 Å². The molecular formula is C17H20ClNOS. The largest absolute Gasteiger partial charge is 0.323 e. The smallest absolute Gasteiger partial charge is 0.0549 e. The maximum absolute atomic E-state index is 12.4. The molecule has 0 aromatic heterocycles. The molecule has 0 aliphatic rings. The molecule has 0 bridgehead atoms. The van der Waals surface area contributed by atoms with E-state index >= 15 is 0 Å². The van der Waals surface area contributed by atoms with Crippen molar-refractivity contribution in [3.63, 3.8) is 0 Å². The van der Waals surface area contributed by atoms with Crippen LogP contribution in [0.3, 0.4) is 0 Å². The molecule has 0 aliphatic heterocycles. The third-order valence-electron chi connectivity index (χ3n) is 3.50. The van der Waals surface area contributed by atoms with E-state index < -0.39 is 10.8 Å². The first-order chi connectivity index (χ1) is 9.88. The molecule has 2 aromatic carbocycles. The van der Waals surface area contributed by atoms with Crippen molar-refractivity contribution in [3.05, 3.63) is 63.7 Å². The Bertz CT molecular complexity index is 661. The zero-order valence-corrected chi connectivity index (χ0v) is 14.1. The lowest BCUT2D eigenvalue weighted by Gasteiger charge is -2.18. The Morgan fingerprint density at radius 3 is 2.33 bits per heavy atom. The summed E-state index contributed by atoms with van der Waals surface area (Å²) in [6, 6.07) is 11.1. The van der Waals surface area contributed by atoms with Gasteiger partial charge in [-0.3, -0.25) is 4.21 Å². The minimum Gasteiger partial charge on any atom is -0.323 e. The number of halogens is 1. The standard InChI is InChI=1S/C17H20ClNOS/c1-11-7-12(2)17(13(3)8-11)16(19)10-21(20)15-6-4-5-14(18)9-15/h4-9,16H,10,19H2,1-3H3. The summed E-state index contributed by atoms with van der Waals surface area (Å²) in [5.41, 5.74) is 10.9. The fourth-order valence-corrected chi connectivity index (χ4v) is 4.16. The molecule has 0 radical (unpaired) electrons. The van der Waals surface area contributed by atoms with Crippen molar-refractivity contribution in [2.75, 3.05) is 5.75 Å². The number of hydrogen-bond acceptors (Lipinski definition) is 2. The first kappa shape index (κ1) is 16.2. The second-order valence-corrected chi connectivity index (χ2v) is 7.32. The molecule has 2 rings (SSSR count). The highest BCUT2D eigenvalue weighted by Crippen LogP contribution is 2.24. The predicted octanol–water partition coefficient (Wildman–Crippen LogP) is 4.07. The molecule has 2 atom stereocenters. The Morgan fingerprint density at radius 1 is 1.14 bits per heavy atom. The van der Waals surface area contributed by atoms with Gasteiger partial charge in [-0.1, -0.05) is 35.4 Å². The van der Waals surface area contributed by atoms with Crippen molar-refractivity contribution in [3.8, 4) is 0 Å². The van der Waals surface area contributed by atoms with Gasteiger partial charge in [0.2, 0.25) is 0 Å². The van der Waals surface area contributed by atoms with Crippen LogP contribution in [0.25, 0.3) is 0 Å². The number of rotatable bonds is 4. The van der Waals surface area contributed by atoms with Gasteiger partial charge in [0.25, 0.3) is 0 Å². The molecule has 4 heteroatoms. The number of benzene rings is 2. The van der Waals surface area contributed by atoms with Crippen molar-refractivity contribution < 1.29 is 4.21 Å². The van der Waals surface area contributed by atoms with Crippen LogP contribution in [-0.4, -0.2) is 9.96 Å². The molecule has 0 aliphatic carbocycles. The Labute approximate surface area is 133 Å².